The fourth-order valence-corrected chi connectivity index (χ4v) is 5.26. The number of fused-ring (bicyclic) bond motifs is 1. The van der Waals surface area contributed by atoms with Gasteiger partial charge in [0.2, 0.25) is 15.9 Å². The summed E-state index contributed by atoms with van der Waals surface area (Å²) in [5.41, 5.74) is 1.77. The molecule has 7 heteroatoms. The number of carbonyl (C=O) groups is 1. The van der Waals surface area contributed by atoms with Gasteiger partial charge in [-0.25, -0.2) is 8.42 Å². The van der Waals surface area contributed by atoms with Crippen molar-refractivity contribution in [3.8, 4) is 0 Å². The fraction of sp³-hybridized carbons (Fsp3) is 0.562. The Labute approximate surface area is 137 Å². The van der Waals surface area contributed by atoms with Gasteiger partial charge in [-0.05, 0) is 44.0 Å². The minimum atomic E-state index is -3.53. The first-order valence-corrected chi connectivity index (χ1v) is 9.46. The van der Waals surface area contributed by atoms with E-state index in [-0.39, 0.29) is 16.8 Å². The third kappa shape index (κ3) is 2.88. The number of nitrogens with zero attached hydrogens (tertiary/aromatic N) is 2. The molecule has 1 atom stereocenters. The molecule has 0 saturated carbocycles. The van der Waals surface area contributed by atoms with Crippen molar-refractivity contribution in [2.75, 3.05) is 31.6 Å². The van der Waals surface area contributed by atoms with Crippen LogP contribution in [0.1, 0.15) is 25.3 Å². The van der Waals surface area contributed by atoms with Gasteiger partial charge in [-0.3, -0.25) is 4.79 Å². The van der Waals surface area contributed by atoms with Gasteiger partial charge in [0.15, 0.2) is 0 Å². The van der Waals surface area contributed by atoms with Crippen LogP contribution >= 0.6 is 0 Å². The van der Waals surface area contributed by atoms with E-state index < -0.39 is 10.0 Å². The van der Waals surface area contributed by atoms with Crippen molar-refractivity contribution in [3.05, 3.63) is 23.8 Å². The summed E-state index contributed by atoms with van der Waals surface area (Å²) in [4.78, 5) is 13.7. The second-order valence-corrected chi connectivity index (χ2v) is 8.07. The maximum atomic E-state index is 13.0. The molecule has 0 spiro atoms. The van der Waals surface area contributed by atoms with E-state index in [0.717, 1.165) is 30.5 Å². The maximum Gasteiger partial charge on any atom is 0.243 e. The largest absolute Gasteiger partial charge is 0.318 e. The topological polar surface area (TPSA) is 69.7 Å². The summed E-state index contributed by atoms with van der Waals surface area (Å²) >= 11 is 0. The average molecular weight is 337 g/mol. The minimum absolute atomic E-state index is 0.00200. The first kappa shape index (κ1) is 16.4. The van der Waals surface area contributed by atoms with Crippen LogP contribution in [-0.2, 0) is 21.2 Å². The molecule has 1 unspecified atom stereocenters. The Hall–Kier alpha value is -1.44. The second kappa shape index (κ2) is 6.22. The lowest BCUT2D eigenvalue weighted by atomic mass is 10.2. The van der Waals surface area contributed by atoms with Gasteiger partial charge < -0.3 is 10.2 Å². The van der Waals surface area contributed by atoms with Crippen molar-refractivity contribution < 1.29 is 13.2 Å². The van der Waals surface area contributed by atoms with Crippen LogP contribution in [0.25, 0.3) is 0 Å². The zero-order valence-electron chi connectivity index (χ0n) is 13.6. The van der Waals surface area contributed by atoms with Crippen LogP contribution in [0.2, 0.25) is 0 Å². The Morgan fingerprint density at radius 1 is 1.35 bits per heavy atom. The van der Waals surface area contributed by atoms with Gasteiger partial charge in [-0.1, -0.05) is 6.07 Å². The fourth-order valence-electron chi connectivity index (χ4n) is 3.55. The predicted octanol–water partition coefficient (Wildman–Crippen LogP) is 0.968. The number of carbonyl (C=O) groups excluding carboxylic acids is 1. The summed E-state index contributed by atoms with van der Waals surface area (Å²) in [5, 5.41) is 3.07. The zero-order valence-corrected chi connectivity index (χ0v) is 14.4. The molecule has 2 heterocycles. The molecule has 1 aromatic rings. The Balaban J connectivity index is 1.95. The Bertz CT molecular complexity index is 717. The molecular formula is C16H23N3O3S. The average Bonchev–Trinajstić information content (AvgIpc) is 3.13. The molecule has 0 bridgehead atoms. The van der Waals surface area contributed by atoms with E-state index in [1.54, 1.807) is 21.3 Å². The van der Waals surface area contributed by atoms with Crippen LogP contribution in [0.15, 0.2) is 23.1 Å². The van der Waals surface area contributed by atoms with E-state index in [4.69, 9.17) is 0 Å². The molecular weight excluding hydrogens is 314 g/mol. The molecule has 0 aliphatic carbocycles. The monoisotopic (exact) mass is 337 g/mol. The molecule has 1 saturated heterocycles. The molecule has 0 radical (unpaired) electrons. The third-order valence-corrected chi connectivity index (χ3v) is 6.65. The van der Waals surface area contributed by atoms with Crippen LogP contribution in [-0.4, -0.2) is 51.4 Å². The van der Waals surface area contributed by atoms with Crippen LogP contribution in [0.4, 0.5) is 5.69 Å². The SMILES string of the molecule is CNCC1CCCN1S(=O)(=O)c1ccc2c(c1)N(C(C)=O)CC2. The molecule has 3 rings (SSSR count). The van der Waals surface area contributed by atoms with Crippen molar-refractivity contribution >= 4 is 21.6 Å². The van der Waals surface area contributed by atoms with Crippen LogP contribution in [0, 0.1) is 0 Å². The summed E-state index contributed by atoms with van der Waals surface area (Å²) in [6.07, 6.45) is 2.54. The highest BCUT2D eigenvalue weighted by molar-refractivity contribution is 7.89. The lowest BCUT2D eigenvalue weighted by molar-refractivity contribution is -0.116. The lowest BCUT2D eigenvalue weighted by Crippen LogP contribution is -2.40. The van der Waals surface area contributed by atoms with E-state index in [2.05, 4.69) is 5.32 Å². The van der Waals surface area contributed by atoms with E-state index in [1.807, 2.05) is 13.1 Å². The minimum Gasteiger partial charge on any atom is -0.318 e. The number of hydrogen-bond acceptors (Lipinski definition) is 4. The van der Waals surface area contributed by atoms with Gasteiger partial charge in [0.1, 0.15) is 0 Å². The Morgan fingerprint density at radius 2 is 2.13 bits per heavy atom. The van der Waals surface area contributed by atoms with Crippen molar-refractivity contribution in [2.45, 2.75) is 37.1 Å². The van der Waals surface area contributed by atoms with Gasteiger partial charge in [-0.2, -0.15) is 4.31 Å². The molecule has 2 aliphatic heterocycles. The number of anilines is 1. The number of amides is 1. The maximum absolute atomic E-state index is 13.0. The summed E-state index contributed by atoms with van der Waals surface area (Å²) < 4.78 is 27.6. The van der Waals surface area contributed by atoms with Gasteiger partial charge in [0, 0.05) is 38.3 Å². The van der Waals surface area contributed by atoms with Gasteiger partial charge in [-0.15, -0.1) is 0 Å². The zero-order chi connectivity index (χ0) is 16.6. The van der Waals surface area contributed by atoms with Gasteiger partial charge in [0.25, 0.3) is 0 Å². The molecule has 1 amide bonds. The molecule has 2 aliphatic rings. The number of hydrogen-bond donors (Lipinski definition) is 1. The second-order valence-electron chi connectivity index (χ2n) is 6.18. The summed E-state index contributed by atoms with van der Waals surface area (Å²) in [6.45, 7) is 3.35. The summed E-state index contributed by atoms with van der Waals surface area (Å²) in [6, 6.07) is 5.18. The Kier molecular flexibility index (Phi) is 4.44. The van der Waals surface area contributed by atoms with Crippen molar-refractivity contribution in [2.24, 2.45) is 0 Å². The quantitative estimate of drug-likeness (QED) is 0.889. The third-order valence-electron chi connectivity index (χ3n) is 4.70. The molecule has 126 valence electrons. The number of nitrogens with one attached hydrogen (secondary N) is 1. The first-order chi connectivity index (χ1) is 10.9. The first-order valence-electron chi connectivity index (χ1n) is 8.02. The van der Waals surface area contributed by atoms with Crippen molar-refractivity contribution in [1.82, 2.24) is 9.62 Å². The summed E-state index contributed by atoms with van der Waals surface area (Å²) in [7, 11) is -1.69. The van der Waals surface area contributed by atoms with Crippen LogP contribution < -0.4 is 10.2 Å². The predicted molar refractivity (Wildman–Crippen MR) is 89.0 cm³/mol. The standard InChI is InChI=1S/C16H23N3O3S/c1-12(20)18-9-7-13-5-6-15(10-16(13)18)23(21,22)19-8-3-4-14(19)11-17-2/h5-6,10,14,17H,3-4,7-9,11H2,1-2H3. The van der Waals surface area contributed by atoms with Gasteiger partial charge >= 0.3 is 0 Å². The highest BCUT2D eigenvalue weighted by atomic mass is 32.2. The van der Waals surface area contributed by atoms with Crippen molar-refractivity contribution in [1.29, 1.82) is 0 Å². The van der Waals surface area contributed by atoms with Crippen LogP contribution in [0.3, 0.4) is 0 Å². The highest BCUT2D eigenvalue weighted by Gasteiger charge is 2.35. The van der Waals surface area contributed by atoms with E-state index >= 15 is 0 Å². The lowest BCUT2D eigenvalue weighted by Gasteiger charge is -2.24. The summed E-state index contributed by atoms with van der Waals surface area (Å²) in [5.74, 6) is -0.0486. The molecule has 23 heavy (non-hydrogen) atoms. The molecule has 0 aromatic heterocycles. The smallest absolute Gasteiger partial charge is 0.243 e. The molecule has 1 N–H and O–H groups in total. The highest BCUT2D eigenvalue weighted by Crippen LogP contribution is 2.33. The number of rotatable bonds is 4. The van der Waals surface area contributed by atoms with Gasteiger partial charge in [0.05, 0.1) is 4.90 Å². The number of likely N-dealkylation sites (N-methyl/N-ethyl adjacent to an activating group) is 1. The molecule has 6 nitrogen and oxygen atoms in total. The molecule has 1 aromatic carbocycles. The van der Waals surface area contributed by atoms with E-state index in [9.17, 15) is 13.2 Å². The normalized spacial score (nSPS) is 21.7. The van der Waals surface area contributed by atoms with Crippen molar-refractivity contribution in [3.63, 3.8) is 0 Å². The number of sulfonamides is 1. The van der Waals surface area contributed by atoms with Crippen LogP contribution in [0.5, 0.6) is 0 Å². The van der Waals surface area contributed by atoms with E-state index in [1.165, 1.54) is 6.92 Å². The Morgan fingerprint density at radius 3 is 2.83 bits per heavy atom. The molecule has 1 fully saturated rings. The van der Waals surface area contributed by atoms with E-state index in [0.29, 0.717) is 19.6 Å². The number of benzene rings is 1.